The van der Waals surface area contributed by atoms with Crippen molar-refractivity contribution in [1.29, 1.82) is 0 Å². The van der Waals surface area contributed by atoms with E-state index in [0.29, 0.717) is 24.5 Å². The van der Waals surface area contributed by atoms with Gasteiger partial charge >= 0.3 is 0 Å². The minimum Gasteiger partial charge on any atom is -0.367 e. The molecule has 3 heterocycles. The molecule has 9 heteroatoms. The first-order valence-electron chi connectivity index (χ1n) is 11.4. The third-order valence-electron chi connectivity index (χ3n) is 6.58. The quantitative estimate of drug-likeness (QED) is 0.456. The Bertz CT molecular complexity index is 1540. The van der Waals surface area contributed by atoms with Crippen LogP contribution in [-0.4, -0.2) is 50.4 Å². The number of pyridine rings is 1. The van der Waals surface area contributed by atoms with E-state index in [2.05, 4.69) is 10.3 Å². The Labute approximate surface area is 203 Å². The van der Waals surface area contributed by atoms with Crippen molar-refractivity contribution in [3.63, 3.8) is 0 Å². The first kappa shape index (κ1) is 23.4. The first-order chi connectivity index (χ1) is 16.6. The van der Waals surface area contributed by atoms with E-state index in [1.54, 1.807) is 30.3 Å². The van der Waals surface area contributed by atoms with Gasteiger partial charge in [0.2, 0.25) is 0 Å². The topological polar surface area (TPSA) is 67.2 Å². The molecule has 182 valence electrons. The molecule has 1 fully saturated rings. The SMILES string of the molecule is Cc1nc(-c2cc(F)c(N3CCNCC3)cc2F)cc2c1cc(-c1ccc(S(C)(=O)=O)cc1)n2C. The zero-order valence-electron chi connectivity index (χ0n) is 19.8. The van der Waals surface area contributed by atoms with Crippen LogP contribution in [-0.2, 0) is 16.9 Å². The summed E-state index contributed by atoms with van der Waals surface area (Å²) in [6.07, 6.45) is 1.17. The van der Waals surface area contributed by atoms with Crippen molar-refractivity contribution in [2.24, 2.45) is 7.05 Å². The molecule has 1 aliphatic rings. The molecular weight excluding hydrogens is 470 g/mol. The molecule has 5 rings (SSSR count). The Morgan fingerprint density at radius 1 is 0.971 bits per heavy atom. The summed E-state index contributed by atoms with van der Waals surface area (Å²) in [4.78, 5) is 6.69. The van der Waals surface area contributed by atoms with E-state index < -0.39 is 21.5 Å². The summed E-state index contributed by atoms with van der Waals surface area (Å²) in [6, 6.07) is 12.9. The highest BCUT2D eigenvalue weighted by atomic mass is 32.2. The molecule has 35 heavy (non-hydrogen) atoms. The Hall–Kier alpha value is -3.30. The average Bonchev–Trinajstić information content (AvgIpc) is 3.17. The number of anilines is 1. The lowest BCUT2D eigenvalue weighted by Crippen LogP contribution is -2.43. The number of hydrogen-bond acceptors (Lipinski definition) is 5. The normalized spacial score (nSPS) is 14.6. The highest BCUT2D eigenvalue weighted by Gasteiger charge is 2.20. The van der Waals surface area contributed by atoms with Crippen LogP contribution in [0.4, 0.5) is 14.5 Å². The van der Waals surface area contributed by atoms with Crippen LogP contribution in [0.15, 0.2) is 53.4 Å². The Kier molecular flexibility index (Phi) is 5.85. The second kappa shape index (κ2) is 8.73. The lowest BCUT2D eigenvalue weighted by Gasteiger charge is -2.30. The van der Waals surface area contributed by atoms with Gasteiger partial charge in [0.15, 0.2) is 9.84 Å². The van der Waals surface area contributed by atoms with Crippen LogP contribution in [0.2, 0.25) is 0 Å². The van der Waals surface area contributed by atoms with Gasteiger partial charge in [0.1, 0.15) is 11.6 Å². The maximum absolute atomic E-state index is 15.2. The van der Waals surface area contributed by atoms with Gasteiger partial charge in [-0.15, -0.1) is 0 Å². The van der Waals surface area contributed by atoms with E-state index >= 15 is 8.78 Å². The molecule has 1 aliphatic heterocycles. The van der Waals surface area contributed by atoms with Crippen LogP contribution in [0.5, 0.6) is 0 Å². The van der Waals surface area contributed by atoms with Gasteiger partial charge in [-0.1, -0.05) is 12.1 Å². The molecule has 2 aromatic heterocycles. The highest BCUT2D eigenvalue weighted by molar-refractivity contribution is 7.90. The number of benzene rings is 2. The Morgan fingerprint density at radius 2 is 1.66 bits per heavy atom. The lowest BCUT2D eigenvalue weighted by molar-refractivity contribution is 0.559. The van der Waals surface area contributed by atoms with E-state index in [1.165, 1.54) is 18.4 Å². The fourth-order valence-corrected chi connectivity index (χ4v) is 5.28. The number of aromatic nitrogens is 2. The second-order valence-electron chi connectivity index (χ2n) is 8.93. The molecule has 0 radical (unpaired) electrons. The van der Waals surface area contributed by atoms with Crippen LogP contribution in [0, 0.1) is 18.6 Å². The summed E-state index contributed by atoms with van der Waals surface area (Å²) in [5, 5.41) is 4.10. The predicted molar refractivity (Wildman–Crippen MR) is 134 cm³/mol. The number of rotatable bonds is 4. The molecule has 4 aromatic rings. The van der Waals surface area contributed by atoms with Crippen molar-refractivity contribution < 1.29 is 17.2 Å². The van der Waals surface area contributed by atoms with Crippen molar-refractivity contribution in [3.8, 4) is 22.5 Å². The van der Waals surface area contributed by atoms with Gasteiger partial charge in [0.05, 0.1) is 21.8 Å². The molecule has 0 spiro atoms. The molecular formula is C26H26F2N4O2S. The molecule has 0 saturated carbocycles. The minimum absolute atomic E-state index is 0.117. The van der Waals surface area contributed by atoms with Gasteiger partial charge < -0.3 is 14.8 Å². The maximum Gasteiger partial charge on any atom is 0.175 e. The summed E-state index contributed by atoms with van der Waals surface area (Å²) >= 11 is 0. The minimum atomic E-state index is -3.29. The number of nitrogens with one attached hydrogen (secondary N) is 1. The number of hydrogen-bond donors (Lipinski definition) is 1. The third-order valence-corrected chi connectivity index (χ3v) is 7.71. The van der Waals surface area contributed by atoms with Crippen LogP contribution >= 0.6 is 0 Å². The standard InChI is InChI=1S/C26H26F2N4O2S/c1-16-19-13-24(17-4-6-18(7-5-17)35(3,33)34)31(2)25(19)15-23(30-16)20-12-22(28)26(14-21(20)27)32-10-8-29-9-11-32/h4-7,12-15,29H,8-11H2,1-3H3. The smallest absolute Gasteiger partial charge is 0.175 e. The summed E-state index contributed by atoms with van der Waals surface area (Å²) < 4.78 is 55.8. The molecule has 6 nitrogen and oxygen atoms in total. The number of piperazine rings is 1. The highest BCUT2D eigenvalue weighted by Crippen LogP contribution is 2.34. The van der Waals surface area contributed by atoms with Crippen LogP contribution in [0.1, 0.15) is 5.69 Å². The van der Waals surface area contributed by atoms with Gasteiger partial charge in [-0.2, -0.15) is 0 Å². The molecule has 0 aliphatic carbocycles. The van der Waals surface area contributed by atoms with Gasteiger partial charge in [-0.05, 0) is 42.8 Å². The van der Waals surface area contributed by atoms with E-state index in [1.807, 2.05) is 29.5 Å². The maximum atomic E-state index is 15.2. The monoisotopic (exact) mass is 496 g/mol. The fraction of sp³-hybridized carbons (Fsp3) is 0.269. The van der Waals surface area contributed by atoms with Crippen molar-refractivity contribution in [3.05, 3.63) is 65.9 Å². The van der Waals surface area contributed by atoms with E-state index in [-0.39, 0.29) is 16.1 Å². The largest absolute Gasteiger partial charge is 0.367 e. The Morgan fingerprint density at radius 3 is 2.31 bits per heavy atom. The number of fused-ring (bicyclic) bond motifs is 1. The van der Waals surface area contributed by atoms with Gasteiger partial charge in [0, 0.05) is 67.9 Å². The van der Waals surface area contributed by atoms with Crippen molar-refractivity contribution in [2.75, 3.05) is 37.3 Å². The average molecular weight is 497 g/mol. The van der Waals surface area contributed by atoms with E-state index in [0.717, 1.165) is 35.2 Å². The number of halogens is 2. The van der Waals surface area contributed by atoms with Gasteiger partial charge in [-0.25, -0.2) is 17.2 Å². The zero-order chi connectivity index (χ0) is 24.9. The van der Waals surface area contributed by atoms with Crippen LogP contribution in [0.3, 0.4) is 0 Å². The predicted octanol–water partition coefficient (Wildman–Crippen LogP) is 4.31. The molecule has 1 saturated heterocycles. The summed E-state index contributed by atoms with van der Waals surface area (Å²) in [5.74, 6) is -0.988. The van der Waals surface area contributed by atoms with Gasteiger partial charge in [0.25, 0.3) is 0 Å². The van der Waals surface area contributed by atoms with Crippen molar-refractivity contribution >= 4 is 26.4 Å². The van der Waals surface area contributed by atoms with Crippen molar-refractivity contribution in [1.82, 2.24) is 14.9 Å². The van der Waals surface area contributed by atoms with E-state index in [9.17, 15) is 8.42 Å². The number of nitrogens with zero attached hydrogens (tertiary/aromatic N) is 3. The molecule has 2 aromatic carbocycles. The summed E-state index contributed by atoms with van der Waals surface area (Å²) in [7, 11) is -1.40. The first-order valence-corrected chi connectivity index (χ1v) is 13.3. The number of sulfone groups is 1. The zero-order valence-corrected chi connectivity index (χ0v) is 20.6. The van der Waals surface area contributed by atoms with Crippen LogP contribution in [0.25, 0.3) is 33.4 Å². The molecule has 0 unspecified atom stereocenters. The summed E-state index contributed by atoms with van der Waals surface area (Å²) in [5.41, 5.74) is 3.96. The second-order valence-corrected chi connectivity index (χ2v) is 10.9. The molecule has 0 bridgehead atoms. The lowest BCUT2D eigenvalue weighted by atomic mass is 10.1. The van der Waals surface area contributed by atoms with Gasteiger partial charge in [-0.3, -0.25) is 4.98 Å². The Balaban J connectivity index is 1.57. The van der Waals surface area contributed by atoms with Crippen molar-refractivity contribution in [2.45, 2.75) is 11.8 Å². The molecule has 0 atom stereocenters. The fourth-order valence-electron chi connectivity index (χ4n) is 4.65. The molecule has 0 amide bonds. The number of aryl methyl sites for hydroxylation is 2. The summed E-state index contributed by atoms with van der Waals surface area (Å²) in [6.45, 7) is 4.54. The van der Waals surface area contributed by atoms with Crippen LogP contribution < -0.4 is 10.2 Å². The van der Waals surface area contributed by atoms with E-state index in [4.69, 9.17) is 0 Å². The third kappa shape index (κ3) is 4.30. The molecule has 1 N–H and O–H groups in total.